The number of methoxy groups -OCH3 is 2. The van der Waals surface area contributed by atoms with Gasteiger partial charge in [0.25, 0.3) is 11.8 Å². The van der Waals surface area contributed by atoms with Crippen LogP contribution in [-0.4, -0.2) is 39.6 Å². The largest absolute Gasteiger partial charge is 0.493 e. The summed E-state index contributed by atoms with van der Waals surface area (Å²) in [6.45, 7) is 0.460. The summed E-state index contributed by atoms with van der Waals surface area (Å²) in [5.74, 6) is 0.990. The first-order valence-electron chi connectivity index (χ1n) is 11.0. The number of hydrogen-bond acceptors (Lipinski definition) is 5. The van der Waals surface area contributed by atoms with Gasteiger partial charge in [0.2, 0.25) is 0 Å². The molecule has 0 aliphatic carbocycles. The van der Waals surface area contributed by atoms with Crippen LogP contribution in [0.3, 0.4) is 0 Å². The summed E-state index contributed by atoms with van der Waals surface area (Å²) in [5, 5.41) is 3.56. The standard InChI is InChI=1S/C27H25ClN2O4S/c1-30-21-16-19(26(31)29-12-11-17-7-9-22(33-2)23(14-17)34-3)8-10-24(21)35-25(27(30)32)15-18-5-4-6-20(28)13-18/h4-10,13-16H,11-12H2,1-3H3,(H,29,31). The highest BCUT2D eigenvalue weighted by Gasteiger charge is 2.27. The first kappa shape index (κ1) is 24.7. The Morgan fingerprint density at radius 3 is 2.60 bits per heavy atom. The van der Waals surface area contributed by atoms with Gasteiger partial charge < -0.3 is 19.7 Å². The highest BCUT2D eigenvalue weighted by molar-refractivity contribution is 8.04. The number of carbonyl (C=O) groups is 2. The van der Waals surface area contributed by atoms with Crippen LogP contribution in [0.25, 0.3) is 6.08 Å². The quantitative estimate of drug-likeness (QED) is 0.430. The lowest BCUT2D eigenvalue weighted by Crippen LogP contribution is -2.31. The summed E-state index contributed by atoms with van der Waals surface area (Å²) in [6.07, 6.45) is 2.47. The molecule has 0 saturated carbocycles. The Morgan fingerprint density at radius 2 is 1.86 bits per heavy atom. The molecule has 4 rings (SSSR count). The average molecular weight is 509 g/mol. The second-order valence-electron chi connectivity index (χ2n) is 7.91. The lowest BCUT2D eigenvalue weighted by molar-refractivity contribution is -0.114. The molecular weight excluding hydrogens is 484 g/mol. The molecule has 1 aliphatic heterocycles. The SMILES string of the molecule is COc1ccc(CCNC(=O)c2ccc3c(c2)N(C)C(=O)C(=Cc2cccc(Cl)c2)S3)cc1OC. The van der Waals surface area contributed by atoms with E-state index >= 15 is 0 Å². The number of thioether (sulfide) groups is 1. The van der Waals surface area contributed by atoms with E-state index in [9.17, 15) is 9.59 Å². The van der Waals surface area contributed by atoms with Gasteiger partial charge in [0.1, 0.15) is 0 Å². The maximum atomic E-state index is 13.0. The van der Waals surface area contributed by atoms with Crippen LogP contribution in [0.15, 0.2) is 70.5 Å². The van der Waals surface area contributed by atoms with Crippen molar-refractivity contribution >= 4 is 46.9 Å². The molecule has 0 atom stereocenters. The number of ether oxygens (including phenoxy) is 2. The Balaban J connectivity index is 1.44. The maximum Gasteiger partial charge on any atom is 0.264 e. The van der Waals surface area contributed by atoms with Gasteiger partial charge in [-0.25, -0.2) is 0 Å². The number of anilines is 1. The van der Waals surface area contributed by atoms with Crippen molar-refractivity contribution in [3.8, 4) is 11.5 Å². The molecule has 3 aromatic carbocycles. The number of halogens is 1. The van der Waals surface area contributed by atoms with Gasteiger partial charge in [-0.05, 0) is 66.1 Å². The van der Waals surface area contributed by atoms with E-state index in [0.29, 0.717) is 45.6 Å². The van der Waals surface area contributed by atoms with E-state index in [-0.39, 0.29) is 11.8 Å². The normalized spacial score (nSPS) is 14.0. The molecule has 35 heavy (non-hydrogen) atoms. The van der Waals surface area contributed by atoms with Crippen molar-refractivity contribution in [1.82, 2.24) is 5.32 Å². The van der Waals surface area contributed by atoms with Crippen LogP contribution in [0.1, 0.15) is 21.5 Å². The monoisotopic (exact) mass is 508 g/mol. The van der Waals surface area contributed by atoms with E-state index in [2.05, 4.69) is 5.32 Å². The van der Waals surface area contributed by atoms with Crippen LogP contribution in [0, 0.1) is 0 Å². The van der Waals surface area contributed by atoms with E-state index < -0.39 is 0 Å². The van der Waals surface area contributed by atoms with E-state index in [1.807, 2.05) is 48.5 Å². The third-order valence-electron chi connectivity index (χ3n) is 5.61. The Bertz CT molecular complexity index is 1310. The van der Waals surface area contributed by atoms with Crippen molar-refractivity contribution in [2.75, 3.05) is 32.7 Å². The lowest BCUT2D eigenvalue weighted by Gasteiger charge is -2.27. The minimum atomic E-state index is -0.195. The molecule has 0 saturated heterocycles. The maximum absolute atomic E-state index is 13.0. The number of hydrogen-bond donors (Lipinski definition) is 1. The molecule has 1 N–H and O–H groups in total. The summed E-state index contributed by atoms with van der Waals surface area (Å²) < 4.78 is 10.6. The first-order chi connectivity index (χ1) is 16.9. The topological polar surface area (TPSA) is 67.9 Å². The molecule has 1 heterocycles. The van der Waals surface area contributed by atoms with E-state index in [0.717, 1.165) is 16.0 Å². The van der Waals surface area contributed by atoms with E-state index in [4.69, 9.17) is 21.1 Å². The average Bonchev–Trinajstić information content (AvgIpc) is 2.86. The van der Waals surface area contributed by atoms with Crippen LogP contribution in [0.5, 0.6) is 11.5 Å². The summed E-state index contributed by atoms with van der Waals surface area (Å²) in [5.41, 5.74) is 3.08. The number of carbonyl (C=O) groups excluding carboxylic acids is 2. The van der Waals surface area contributed by atoms with Gasteiger partial charge in [-0.3, -0.25) is 9.59 Å². The molecule has 1 aliphatic rings. The fourth-order valence-electron chi connectivity index (χ4n) is 3.74. The molecule has 0 aromatic heterocycles. The number of nitrogens with zero attached hydrogens (tertiary/aromatic N) is 1. The van der Waals surface area contributed by atoms with Gasteiger partial charge >= 0.3 is 0 Å². The molecule has 0 spiro atoms. The molecule has 180 valence electrons. The van der Waals surface area contributed by atoms with Crippen LogP contribution in [0.2, 0.25) is 5.02 Å². The van der Waals surface area contributed by atoms with Crippen LogP contribution in [0.4, 0.5) is 5.69 Å². The second kappa shape index (κ2) is 10.9. The predicted octanol–water partition coefficient (Wildman–Crippen LogP) is 5.44. The molecule has 0 unspecified atom stereocenters. The van der Waals surface area contributed by atoms with Gasteiger partial charge in [0.15, 0.2) is 11.5 Å². The molecule has 0 fully saturated rings. The van der Waals surface area contributed by atoms with Crippen molar-refractivity contribution in [3.05, 3.63) is 87.3 Å². The Hall–Kier alpha value is -3.42. The van der Waals surface area contributed by atoms with E-state index in [1.54, 1.807) is 44.4 Å². The third-order valence-corrected chi connectivity index (χ3v) is 6.92. The zero-order valence-electron chi connectivity index (χ0n) is 19.6. The summed E-state index contributed by atoms with van der Waals surface area (Å²) in [7, 11) is 4.90. The number of fused-ring (bicyclic) bond motifs is 1. The highest BCUT2D eigenvalue weighted by atomic mass is 35.5. The van der Waals surface area contributed by atoms with Gasteiger partial charge in [-0.1, -0.05) is 41.6 Å². The predicted molar refractivity (Wildman–Crippen MR) is 141 cm³/mol. The number of nitrogens with one attached hydrogen (secondary N) is 1. The molecule has 8 heteroatoms. The zero-order chi connectivity index (χ0) is 24.9. The number of rotatable bonds is 7. The number of benzene rings is 3. The van der Waals surface area contributed by atoms with Crippen LogP contribution in [-0.2, 0) is 11.2 Å². The molecule has 2 amide bonds. The van der Waals surface area contributed by atoms with E-state index in [1.165, 1.54) is 11.8 Å². The Labute approximate surface area is 213 Å². The van der Waals surface area contributed by atoms with Crippen molar-refractivity contribution in [1.29, 1.82) is 0 Å². The van der Waals surface area contributed by atoms with Gasteiger partial charge in [0.05, 0.1) is 24.8 Å². The van der Waals surface area contributed by atoms with Gasteiger partial charge in [-0.15, -0.1) is 0 Å². The summed E-state index contributed by atoms with van der Waals surface area (Å²) in [6, 6.07) is 18.4. The summed E-state index contributed by atoms with van der Waals surface area (Å²) >= 11 is 7.46. The molecule has 0 radical (unpaired) electrons. The van der Waals surface area contributed by atoms with Gasteiger partial charge in [-0.2, -0.15) is 0 Å². The minimum Gasteiger partial charge on any atom is -0.493 e. The molecular formula is C27H25ClN2O4S. The van der Waals surface area contributed by atoms with Crippen molar-refractivity contribution in [3.63, 3.8) is 0 Å². The minimum absolute atomic E-state index is 0.131. The summed E-state index contributed by atoms with van der Waals surface area (Å²) in [4.78, 5) is 28.8. The van der Waals surface area contributed by atoms with Gasteiger partial charge in [0, 0.05) is 29.1 Å². The molecule has 0 bridgehead atoms. The Morgan fingerprint density at radius 1 is 1.06 bits per heavy atom. The van der Waals surface area contributed by atoms with Crippen LogP contribution < -0.4 is 19.7 Å². The zero-order valence-corrected chi connectivity index (χ0v) is 21.2. The highest BCUT2D eigenvalue weighted by Crippen LogP contribution is 2.42. The fourth-order valence-corrected chi connectivity index (χ4v) is 5.03. The number of likely N-dealkylation sites (N-methyl/N-ethyl adjacent to an activating group) is 1. The number of amides is 2. The fraction of sp³-hybridized carbons (Fsp3) is 0.185. The Kier molecular flexibility index (Phi) is 7.68. The second-order valence-corrected chi connectivity index (χ2v) is 9.43. The molecule has 6 nitrogen and oxygen atoms in total. The van der Waals surface area contributed by atoms with Crippen molar-refractivity contribution < 1.29 is 19.1 Å². The van der Waals surface area contributed by atoms with Crippen molar-refractivity contribution in [2.45, 2.75) is 11.3 Å². The smallest absolute Gasteiger partial charge is 0.264 e. The molecule has 3 aromatic rings. The van der Waals surface area contributed by atoms with Crippen molar-refractivity contribution in [2.24, 2.45) is 0 Å². The lowest BCUT2D eigenvalue weighted by atomic mass is 10.1. The van der Waals surface area contributed by atoms with Crippen LogP contribution >= 0.6 is 23.4 Å². The first-order valence-corrected chi connectivity index (χ1v) is 12.2. The third kappa shape index (κ3) is 5.63.